The van der Waals surface area contributed by atoms with Crippen LogP contribution in [-0.4, -0.2) is 36.0 Å². The zero-order valence-electron chi connectivity index (χ0n) is 8.24. The Morgan fingerprint density at radius 1 is 1.38 bits per heavy atom. The number of carbonyl (C=O) groups excluding carboxylic acids is 2. The summed E-state index contributed by atoms with van der Waals surface area (Å²) in [6.45, 7) is 3.43. The Balaban J connectivity index is 2.75. The number of hydrogen-bond donors (Lipinski definition) is 0. The Morgan fingerprint density at radius 3 is 2.46 bits per heavy atom. The summed E-state index contributed by atoms with van der Waals surface area (Å²) in [5.74, 6) is -0.361. The maximum atomic E-state index is 11.3. The molecule has 0 radical (unpaired) electrons. The van der Waals surface area contributed by atoms with E-state index >= 15 is 0 Å². The third-order valence-electron chi connectivity index (χ3n) is 2.51. The predicted molar refractivity (Wildman–Crippen MR) is 47.0 cm³/mol. The van der Waals surface area contributed by atoms with Crippen molar-refractivity contribution >= 4 is 11.9 Å². The van der Waals surface area contributed by atoms with E-state index in [0.717, 1.165) is 6.42 Å². The van der Waals surface area contributed by atoms with Crippen LogP contribution in [-0.2, 0) is 14.3 Å². The van der Waals surface area contributed by atoms with E-state index in [0.29, 0.717) is 6.42 Å². The molecule has 0 saturated carbocycles. The molecule has 0 aromatic heterocycles. The van der Waals surface area contributed by atoms with Gasteiger partial charge in [0, 0.05) is 13.0 Å². The first-order valence-electron chi connectivity index (χ1n) is 4.44. The van der Waals surface area contributed by atoms with E-state index in [1.807, 2.05) is 6.92 Å². The predicted octanol–water partition coefficient (Wildman–Crippen LogP) is 0.559. The minimum Gasteiger partial charge on any atom is -0.467 e. The molecule has 0 spiro atoms. The number of methoxy groups -OCH3 is 1. The molecule has 1 aliphatic rings. The average molecular weight is 185 g/mol. The first-order valence-corrected chi connectivity index (χ1v) is 4.44. The Labute approximate surface area is 77.8 Å². The van der Waals surface area contributed by atoms with Crippen molar-refractivity contribution < 1.29 is 14.3 Å². The van der Waals surface area contributed by atoms with Gasteiger partial charge in [-0.3, -0.25) is 4.79 Å². The van der Waals surface area contributed by atoms with E-state index in [1.165, 1.54) is 14.0 Å². The van der Waals surface area contributed by atoms with E-state index in [2.05, 4.69) is 4.74 Å². The summed E-state index contributed by atoms with van der Waals surface area (Å²) in [4.78, 5) is 24.1. The third kappa shape index (κ3) is 1.82. The SMILES string of the molecule is COC(=O)[C@@H]1CC[C@H](C)N1C(C)=O. The fourth-order valence-electron chi connectivity index (χ4n) is 1.88. The van der Waals surface area contributed by atoms with Gasteiger partial charge in [0.05, 0.1) is 7.11 Å². The summed E-state index contributed by atoms with van der Waals surface area (Å²) in [7, 11) is 1.35. The normalized spacial score (nSPS) is 27.5. The van der Waals surface area contributed by atoms with Gasteiger partial charge in [0.1, 0.15) is 6.04 Å². The summed E-state index contributed by atoms with van der Waals surface area (Å²) in [6.07, 6.45) is 1.59. The van der Waals surface area contributed by atoms with Crippen molar-refractivity contribution in [1.29, 1.82) is 0 Å². The standard InChI is InChI=1S/C9H15NO3/c1-6-4-5-8(9(12)13-3)10(6)7(2)11/h6,8H,4-5H2,1-3H3/t6-,8-/m0/s1. The largest absolute Gasteiger partial charge is 0.467 e. The van der Waals surface area contributed by atoms with Crippen LogP contribution in [0.3, 0.4) is 0 Å². The summed E-state index contributed by atoms with van der Waals surface area (Å²) in [5.41, 5.74) is 0. The second kappa shape index (κ2) is 3.77. The highest BCUT2D eigenvalue weighted by atomic mass is 16.5. The van der Waals surface area contributed by atoms with Gasteiger partial charge in [-0.1, -0.05) is 0 Å². The molecule has 74 valence electrons. The van der Waals surface area contributed by atoms with E-state index < -0.39 is 0 Å². The van der Waals surface area contributed by atoms with Crippen LogP contribution in [0.5, 0.6) is 0 Å². The summed E-state index contributed by atoms with van der Waals surface area (Å²) in [6, 6.07) is -0.209. The van der Waals surface area contributed by atoms with Gasteiger partial charge in [0.25, 0.3) is 0 Å². The number of ether oxygens (including phenoxy) is 1. The molecule has 2 atom stereocenters. The molecule has 0 aliphatic carbocycles. The van der Waals surface area contributed by atoms with Gasteiger partial charge in [-0.25, -0.2) is 4.79 Å². The minimum atomic E-state index is -0.363. The van der Waals surface area contributed by atoms with Gasteiger partial charge in [-0.2, -0.15) is 0 Å². The van der Waals surface area contributed by atoms with E-state index in [4.69, 9.17) is 0 Å². The molecule has 0 bridgehead atoms. The van der Waals surface area contributed by atoms with Crippen LogP contribution >= 0.6 is 0 Å². The van der Waals surface area contributed by atoms with Crippen molar-refractivity contribution in [2.24, 2.45) is 0 Å². The van der Waals surface area contributed by atoms with Crippen LogP contribution in [0, 0.1) is 0 Å². The Morgan fingerprint density at radius 2 is 2.00 bits per heavy atom. The summed E-state index contributed by atoms with van der Waals surface area (Å²) >= 11 is 0. The highest BCUT2D eigenvalue weighted by Gasteiger charge is 2.37. The fourth-order valence-corrected chi connectivity index (χ4v) is 1.88. The molecule has 1 heterocycles. The lowest BCUT2D eigenvalue weighted by Gasteiger charge is -2.25. The Bertz CT molecular complexity index is 227. The summed E-state index contributed by atoms with van der Waals surface area (Å²) in [5, 5.41) is 0. The molecule has 13 heavy (non-hydrogen) atoms. The van der Waals surface area contributed by atoms with Crippen LogP contribution < -0.4 is 0 Å². The lowest BCUT2D eigenvalue weighted by atomic mass is 10.2. The van der Waals surface area contributed by atoms with E-state index in [1.54, 1.807) is 4.90 Å². The van der Waals surface area contributed by atoms with Crippen LogP contribution in [0.15, 0.2) is 0 Å². The van der Waals surface area contributed by atoms with Gasteiger partial charge in [-0.15, -0.1) is 0 Å². The van der Waals surface area contributed by atoms with Crippen molar-refractivity contribution in [3.8, 4) is 0 Å². The molecular formula is C9H15NO3. The topological polar surface area (TPSA) is 46.6 Å². The quantitative estimate of drug-likeness (QED) is 0.561. The van der Waals surface area contributed by atoms with E-state index in [-0.39, 0.29) is 24.0 Å². The number of carbonyl (C=O) groups is 2. The molecule has 0 N–H and O–H groups in total. The number of esters is 1. The van der Waals surface area contributed by atoms with Gasteiger partial charge in [0.2, 0.25) is 5.91 Å². The zero-order chi connectivity index (χ0) is 10.0. The van der Waals surface area contributed by atoms with Gasteiger partial charge in [0.15, 0.2) is 0 Å². The lowest BCUT2D eigenvalue weighted by molar-refractivity contribution is -0.151. The van der Waals surface area contributed by atoms with Crippen LogP contribution in [0.25, 0.3) is 0 Å². The fraction of sp³-hybridized carbons (Fsp3) is 0.778. The van der Waals surface area contributed by atoms with Crippen molar-refractivity contribution in [2.45, 2.75) is 38.8 Å². The second-order valence-corrected chi connectivity index (χ2v) is 3.39. The molecule has 1 aliphatic heterocycles. The third-order valence-corrected chi connectivity index (χ3v) is 2.51. The minimum absolute atomic E-state index is 0.0552. The highest BCUT2D eigenvalue weighted by molar-refractivity contribution is 5.84. The number of likely N-dealkylation sites (tertiary alicyclic amines) is 1. The number of nitrogens with zero attached hydrogens (tertiary/aromatic N) is 1. The molecule has 0 unspecified atom stereocenters. The smallest absolute Gasteiger partial charge is 0.328 e. The van der Waals surface area contributed by atoms with Gasteiger partial charge in [-0.05, 0) is 19.8 Å². The van der Waals surface area contributed by atoms with Gasteiger partial charge < -0.3 is 9.64 Å². The number of amides is 1. The highest BCUT2D eigenvalue weighted by Crippen LogP contribution is 2.24. The number of rotatable bonds is 1. The zero-order valence-corrected chi connectivity index (χ0v) is 8.24. The molecule has 0 aromatic rings. The van der Waals surface area contributed by atoms with Gasteiger partial charge >= 0.3 is 5.97 Å². The first-order chi connectivity index (χ1) is 6.07. The second-order valence-electron chi connectivity index (χ2n) is 3.39. The lowest BCUT2D eigenvalue weighted by Crippen LogP contribution is -2.43. The Hall–Kier alpha value is -1.06. The molecule has 1 saturated heterocycles. The van der Waals surface area contributed by atoms with Crippen molar-refractivity contribution in [1.82, 2.24) is 4.90 Å². The molecule has 1 rings (SSSR count). The summed E-state index contributed by atoms with van der Waals surface area (Å²) < 4.78 is 4.63. The van der Waals surface area contributed by atoms with Crippen LogP contribution in [0.1, 0.15) is 26.7 Å². The Kier molecular flexibility index (Phi) is 2.90. The monoisotopic (exact) mass is 185 g/mol. The molecule has 1 amide bonds. The van der Waals surface area contributed by atoms with E-state index in [9.17, 15) is 9.59 Å². The molecule has 4 nitrogen and oxygen atoms in total. The maximum absolute atomic E-state index is 11.3. The van der Waals surface area contributed by atoms with Crippen molar-refractivity contribution in [2.75, 3.05) is 7.11 Å². The molecular weight excluding hydrogens is 170 g/mol. The first kappa shape index (κ1) is 10.0. The molecule has 0 aromatic carbocycles. The maximum Gasteiger partial charge on any atom is 0.328 e. The van der Waals surface area contributed by atoms with Crippen LogP contribution in [0.4, 0.5) is 0 Å². The van der Waals surface area contributed by atoms with Crippen molar-refractivity contribution in [3.63, 3.8) is 0 Å². The molecule has 1 fully saturated rings. The van der Waals surface area contributed by atoms with Crippen LogP contribution in [0.2, 0.25) is 0 Å². The average Bonchev–Trinajstić information content (AvgIpc) is 2.45. The molecule has 4 heteroatoms. The van der Waals surface area contributed by atoms with Crippen molar-refractivity contribution in [3.05, 3.63) is 0 Å². The number of hydrogen-bond acceptors (Lipinski definition) is 3.